The summed E-state index contributed by atoms with van der Waals surface area (Å²) >= 11 is 0. The highest BCUT2D eigenvalue weighted by Crippen LogP contribution is 2.29. The maximum absolute atomic E-state index is 6.22. The fourth-order valence-corrected chi connectivity index (χ4v) is 3.86. The van der Waals surface area contributed by atoms with E-state index in [1.807, 2.05) is 6.07 Å². The third-order valence-electron chi connectivity index (χ3n) is 5.43. The Morgan fingerprint density at radius 2 is 1.67 bits per heavy atom. The van der Waals surface area contributed by atoms with Crippen LogP contribution in [0.1, 0.15) is 24.0 Å². The molecule has 1 aliphatic heterocycles. The highest BCUT2D eigenvalue weighted by molar-refractivity contribution is 5.87. The summed E-state index contributed by atoms with van der Waals surface area (Å²) < 4.78 is 6.22. The molecule has 1 saturated heterocycles. The van der Waals surface area contributed by atoms with Crippen LogP contribution in [-0.4, -0.2) is 19.6 Å². The van der Waals surface area contributed by atoms with Gasteiger partial charge in [0.05, 0.1) is 0 Å². The third-order valence-corrected chi connectivity index (χ3v) is 5.43. The molecule has 4 rings (SSSR count). The first-order chi connectivity index (χ1) is 13.4. The molecule has 3 nitrogen and oxygen atoms in total. The maximum Gasteiger partial charge on any atom is 0.124 e. The Morgan fingerprint density at radius 1 is 0.889 bits per heavy atom. The van der Waals surface area contributed by atoms with Crippen molar-refractivity contribution in [2.45, 2.75) is 26.0 Å². The summed E-state index contributed by atoms with van der Waals surface area (Å²) in [4.78, 5) is 0. The number of nitrogens with one attached hydrogen (secondary N) is 2. The minimum absolute atomic E-state index is 0.598. The summed E-state index contributed by atoms with van der Waals surface area (Å²) in [6.07, 6.45) is 2.53. The molecule has 0 unspecified atom stereocenters. The van der Waals surface area contributed by atoms with Gasteiger partial charge in [0.15, 0.2) is 0 Å². The zero-order chi connectivity index (χ0) is 18.3. The summed E-state index contributed by atoms with van der Waals surface area (Å²) in [7, 11) is 0. The van der Waals surface area contributed by atoms with Gasteiger partial charge in [0, 0.05) is 12.1 Å². The molecule has 0 amide bonds. The van der Waals surface area contributed by atoms with Crippen molar-refractivity contribution in [2.24, 2.45) is 5.92 Å². The Bertz CT molecular complexity index is 857. The lowest BCUT2D eigenvalue weighted by Gasteiger charge is -2.23. The second-order valence-electron chi connectivity index (χ2n) is 7.36. The standard InChI is InChI=1S/C24H28N2O/c1-2-6-20(7-3-1)18-27-24-11-10-21-8-4-5-9-22(21)23(24)17-26-16-19-12-14-25-15-13-19/h1-11,19,25-26H,12-18H2. The molecule has 0 aliphatic carbocycles. The smallest absolute Gasteiger partial charge is 0.124 e. The monoisotopic (exact) mass is 360 g/mol. The Morgan fingerprint density at radius 3 is 2.52 bits per heavy atom. The zero-order valence-corrected chi connectivity index (χ0v) is 15.8. The largest absolute Gasteiger partial charge is 0.489 e. The third kappa shape index (κ3) is 4.68. The molecule has 0 spiro atoms. The molecule has 0 saturated carbocycles. The number of hydrogen-bond acceptors (Lipinski definition) is 3. The van der Waals surface area contributed by atoms with Gasteiger partial charge in [-0.15, -0.1) is 0 Å². The van der Waals surface area contributed by atoms with Crippen molar-refractivity contribution in [3.63, 3.8) is 0 Å². The predicted molar refractivity (Wildman–Crippen MR) is 112 cm³/mol. The first-order valence-electron chi connectivity index (χ1n) is 9.99. The van der Waals surface area contributed by atoms with Gasteiger partial charge < -0.3 is 15.4 Å². The van der Waals surface area contributed by atoms with E-state index < -0.39 is 0 Å². The van der Waals surface area contributed by atoms with Gasteiger partial charge in [-0.3, -0.25) is 0 Å². The molecule has 0 bridgehead atoms. The van der Waals surface area contributed by atoms with Gasteiger partial charge in [0.25, 0.3) is 0 Å². The van der Waals surface area contributed by atoms with Gasteiger partial charge in [-0.2, -0.15) is 0 Å². The lowest BCUT2D eigenvalue weighted by Crippen LogP contribution is -2.33. The van der Waals surface area contributed by atoms with Crippen LogP contribution in [0.15, 0.2) is 66.7 Å². The van der Waals surface area contributed by atoms with Gasteiger partial charge >= 0.3 is 0 Å². The Balaban J connectivity index is 1.50. The van der Waals surface area contributed by atoms with Crippen LogP contribution >= 0.6 is 0 Å². The van der Waals surface area contributed by atoms with Gasteiger partial charge in [0.2, 0.25) is 0 Å². The fraction of sp³-hybridized carbons (Fsp3) is 0.333. The summed E-state index contributed by atoms with van der Waals surface area (Å²) in [5.41, 5.74) is 2.46. The Labute approximate surface area is 161 Å². The van der Waals surface area contributed by atoms with Crippen LogP contribution in [0.5, 0.6) is 5.75 Å². The number of benzene rings is 3. The average molecular weight is 361 g/mol. The van der Waals surface area contributed by atoms with Crippen LogP contribution in [0, 0.1) is 5.92 Å². The minimum atomic E-state index is 0.598. The van der Waals surface area contributed by atoms with Crippen LogP contribution in [0.4, 0.5) is 0 Å². The lowest BCUT2D eigenvalue weighted by molar-refractivity contribution is 0.301. The van der Waals surface area contributed by atoms with E-state index in [9.17, 15) is 0 Å². The Hall–Kier alpha value is -2.36. The highest BCUT2D eigenvalue weighted by Gasteiger charge is 2.14. The number of piperidine rings is 1. The van der Waals surface area contributed by atoms with Gasteiger partial charge in [-0.25, -0.2) is 0 Å². The molecular weight excluding hydrogens is 332 g/mol. The molecule has 0 aromatic heterocycles. The molecule has 3 heteroatoms. The van der Waals surface area contributed by atoms with E-state index in [4.69, 9.17) is 4.74 Å². The van der Waals surface area contributed by atoms with Crippen molar-refractivity contribution in [1.29, 1.82) is 0 Å². The summed E-state index contributed by atoms with van der Waals surface area (Å²) in [5.74, 6) is 1.75. The predicted octanol–water partition coefficient (Wildman–Crippen LogP) is 4.51. The van der Waals surface area contributed by atoms with E-state index in [1.54, 1.807) is 0 Å². The van der Waals surface area contributed by atoms with Crippen molar-refractivity contribution in [3.05, 3.63) is 77.9 Å². The number of ether oxygens (including phenoxy) is 1. The lowest BCUT2D eigenvalue weighted by atomic mass is 9.98. The number of rotatable bonds is 7. The van der Waals surface area contributed by atoms with E-state index >= 15 is 0 Å². The number of fused-ring (bicyclic) bond motifs is 1. The summed E-state index contributed by atoms with van der Waals surface area (Å²) in [5, 5.41) is 9.68. The second kappa shape index (κ2) is 9.03. The molecule has 1 fully saturated rings. The van der Waals surface area contributed by atoms with Crippen molar-refractivity contribution in [1.82, 2.24) is 10.6 Å². The van der Waals surface area contributed by atoms with Crippen molar-refractivity contribution < 1.29 is 4.74 Å². The van der Waals surface area contributed by atoms with E-state index in [1.165, 1.54) is 34.7 Å². The Kier molecular flexibility index (Phi) is 6.03. The zero-order valence-electron chi connectivity index (χ0n) is 15.8. The average Bonchev–Trinajstić information content (AvgIpc) is 2.74. The quantitative estimate of drug-likeness (QED) is 0.650. The molecule has 140 valence electrons. The topological polar surface area (TPSA) is 33.3 Å². The summed E-state index contributed by atoms with van der Waals surface area (Å²) in [6, 6.07) is 23.2. The van der Waals surface area contributed by atoms with E-state index in [0.717, 1.165) is 37.8 Å². The van der Waals surface area contributed by atoms with E-state index in [2.05, 4.69) is 71.3 Å². The molecule has 27 heavy (non-hydrogen) atoms. The van der Waals surface area contributed by atoms with Gasteiger partial charge in [-0.1, -0.05) is 60.7 Å². The number of hydrogen-bond donors (Lipinski definition) is 2. The van der Waals surface area contributed by atoms with Crippen molar-refractivity contribution in [2.75, 3.05) is 19.6 Å². The molecular formula is C24H28N2O. The van der Waals surface area contributed by atoms with Gasteiger partial charge in [0.1, 0.15) is 12.4 Å². The molecule has 3 aromatic carbocycles. The molecule has 2 N–H and O–H groups in total. The minimum Gasteiger partial charge on any atom is -0.489 e. The van der Waals surface area contributed by atoms with Crippen LogP contribution in [0.2, 0.25) is 0 Å². The highest BCUT2D eigenvalue weighted by atomic mass is 16.5. The second-order valence-corrected chi connectivity index (χ2v) is 7.36. The fourth-order valence-electron chi connectivity index (χ4n) is 3.86. The first-order valence-corrected chi connectivity index (χ1v) is 9.99. The van der Waals surface area contributed by atoms with Crippen LogP contribution in [-0.2, 0) is 13.2 Å². The SMILES string of the molecule is c1ccc(COc2ccc3ccccc3c2CNCC2CCNCC2)cc1. The molecule has 0 radical (unpaired) electrons. The molecule has 1 aliphatic rings. The van der Waals surface area contributed by atoms with E-state index in [-0.39, 0.29) is 0 Å². The maximum atomic E-state index is 6.22. The molecule has 0 atom stereocenters. The summed E-state index contributed by atoms with van der Waals surface area (Å²) in [6.45, 7) is 4.80. The van der Waals surface area contributed by atoms with E-state index in [0.29, 0.717) is 6.61 Å². The first kappa shape index (κ1) is 18.0. The van der Waals surface area contributed by atoms with Crippen LogP contribution in [0.3, 0.4) is 0 Å². The normalized spacial score (nSPS) is 15.1. The van der Waals surface area contributed by atoms with Gasteiger partial charge in [-0.05, 0) is 60.8 Å². The van der Waals surface area contributed by atoms with Crippen molar-refractivity contribution in [3.8, 4) is 5.75 Å². The van der Waals surface area contributed by atoms with Crippen LogP contribution in [0.25, 0.3) is 10.8 Å². The van der Waals surface area contributed by atoms with Crippen molar-refractivity contribution >= 4 is 10.8 Å². The molecule has 3 aromatic rings. The molecule has 1 heterocycles. The van der Waals surface area contributed by atoms with Crippen LogP contribution < -0.4 is 15.4 Å².